The van der Waals surface area contributed by atoms with Gasteiger partial charge in [-0.1, -0.05) is 11.6 Å². The maximum Gasteiger partial charge on any atom is 0.293 e. The summed E-state index contributed by atoms with van der Waals surface area (Å²) in [5, 5.41) is 22.9. The van der Waals surface area contributed by atoms with Gasteiger partial charge in [0.05, 0.1) is 16.6 Å². The molecule has 1 N–H and O–H groups in total. The highest BCUT2D eigenvalue weighted by atomic mass is 16.6. The van der Waals surface area contributed by atoms with E-state index in [0.717, 1.165) is 19.3 Å². The number of nitrogens with zero attached hydrogens (tertiary/aromatic N) is 2. The van der Waals surface area contributed by atoms with E-state index in [-0.39, 0.29) is 5.69 Å². The molecule has 0 saturated carbocycles. The molecule has 0 amide bonds. The maximum absolute atomic E-state index is 11.0. The van der Waals surface area contributed by atoms with Gasteiger partial charge in [-0.05, 0) is 44.2 Å². The Morgan fingerprint density at radius 1 is 1.40 bits per heavy atom. The fourth-order valence-corrected chi connectivity index (χ4v) is 2.39. The average molecular weight is 271 g/mol. The molecule has 0 radical (unpaired) electrons. The van der Waals surface area contributed by atoms with Crippen molar-refractivity contribution in [1.29, 1.82) is 5.26 Å². The van der Waals surface area contributed by atoms with E-state index in [4.69, 9.17) is 5.26 Å². The van der Waals surface area contributed by atoms with Crippen LogP contribution in [0.3, 0.4) is 0 Å². The second kappa shape index (κ2) is 6.71. The Kier molecular flexibility index (Phi) is 4.72. The van der Waals surface area contributed by atoms with Gasteiger partial charge < -0.3 is 5.32 Å². The van der Waals surface area contributed by atoms with Crippen LogP contribution in [0.15, 0.2) is 29.8 Å². The van der Waals surface area contributed by atoms with Gasteiger partial charge in [-0.25, -0.2) is 0 Å². The second-order valence-electron chi connectivity index (χ2n) is 4.89. The molecule has 0 bridgehead atoms. The maximum atomic E-state index is 11.0. The first-order chi connectivity index (χ1) is 9.70. The number of nitrogens with one attached hydrogen (secondary N) is 1. The average Bonchev–Trinajstić information content (AvgIpc) is 2.48. The number of rotatable bonds is 5. The lowest BCUT2D eigenvalue weighted by Crippen LogP contribution is -2.06. The summed E-state index contributed by atoms with van der Waals surface area (Å²) in [5.74, 6) is 0. The highest BCUT2D eigenvalue weighted by molar-refractivity contribution is 5.64. The first-order valence-electron chi connectivity index (χ1n) is 6.81. The van der Waals surface area contributed by atoms with Crippen LogP contribution in [0.25, 0.3) is 0 Å². The van der Waals surface area contributed by atoms with Gasteiger partial charge in [0, 0.05) is 12.6 Å². The van der Waals surface area contributed by atoms with E-state index in [2.05, 4.69) is 11.4 Å². The molecule has 5 nitrogen and oxygen atoms in total. The predicted molar refractivity (Wildman–Crippen MR) is 77.5 cm³/mol. The van der Waals surface area contributed by atoms with E-state index in [1.165, 1.54) is 24.5 Å². The minimum absolute atomic E-state index is 0.0401. The molecule has 5 heteroatoms. The van der Waals surface area contributed by atoms with Gasteiger partial charge in [-0.2, -0.15) is 5.26 Å². The lowest BCUT2D eigenvalue weighted by atomic mass is 9.97. The van der Waals surface area contributed by atoms with Crippen molar-refractivity contribution in [2.45, 2.75) is 32.1 Å². The minimum Gasteiger partial charge on any atom is -0.379 e. The van der Waals surface area contributed by atoms with Crippen molar-refractivity contribution in [2.75, 3.05) is 11.9 Å². The fraction of sp³-hybridized carbons (Fsp3) is 0.400. The molecule has 1 aromatic rings. The normalized spacial score (nSPS) is 14.2. The molecule has 1 aliphatic rings. The molecular formula is C15H17N3O2. The third-order valence-corrected chi connectivity index (χ3v) is 3.47. The van der Waals surface area contributed by atoms with Crippen LogP contribution in [0.1, 0.15) is 37.7 Å². The summed E-state index contributed by atoms with van der Waals surface area (Å²) < 4.78 is 0. The van der Waals surface area contributed by atoms with Gasteiger partial charge in [-0.3, -0.25) is 10.1 Å². The zero-order valence-electron chi connectivity index (χ0n) is 11.3. The van der Waals surface area contributed by atoms with Gasteiger partial charge in [0.1, 0.15) is 5.69 Å². The number of hydrogen-bond donors (Lipinski definition) is 1. The van der Waals surface area contributed by atoms with Crippen LogP contribution < -0.4 is 5.32 Å². The lowest BCUT2D eigenvalue weighted by Gasteiger charge is -2.13. The van der Waals surface area contributed by atoms with Crippen LogP contribution in [-0.2, 0) is 0 Å². The molecule has 0 spiro atoms. The summed E-state index contributed by atoms with van der Waals surface area (Å²) in [6.45, 7) is 0.679. The Morgan fingerprint density at radius 3 is 2.90 bits per heavy atom. The van der Waals surface area contributed by atoms with Crippen LogP contribution in [0.4, 0.5) is 11.4 Å². The van der Waals surface area contributed by atoms with Crippen molar-refractivity contribution >= 4 is 11.4 Å². The van der Waals surface area contributed by atoms with Crippen LogP contribution in [-0.4, -0.2) is 11.5 Å². The standard InChI is InChI=1S/C15H17N3O2/c16-11-13-6-7-14(15(10-13)18(19)20)17-9-8-12-4-2-1-3-5-12/h4,6-7,10,17H,1-3,5,8-9H2. The monoisotopic (exact) mass is 271 g/mol. The highest BCUT2D eigenvalue weighted by Crippen LogP contribution is 2.26. The van der Waals surface area contributed by atoms with Gasteiger partial charge in [-0.15, -0.1) is 0 Å². The van der Waals surface area contributed by atoms with E-state index < -0.39 is 4.92 Å². The molecule has 1 aliphatic carbocycles. The molecule has 0 saturated heterocycles. The first-order valence-corrected chi connectivity index (χ1v) is 6.81. The molecule has 0 unspecified atom stereocenters. The third kappa shape index (κ3) is 3.58. The topological polar surface area (TPSA) is 79.0 Å². The number of nitro groups is 1. The summed E-state index contributed by atoms with van der Waals surface area (Å²) in [4.78, 5) is 10.5. The van der Waals surface area contributed by atoms with Crippen molar-refractivity contribution in [1.82, 2.24) is 0 Å². The molecule has 2 rings (SSSR count). The molecule has 1 aromatic carbocycles. The molecule has 0 aromatic heterocycles. The fourth-order valence-electron chi connectivity index (χ4n) is 2.39. The van der Waals surface area contributed by atoms with E-state index >= 15 is 0 Å². The first kappa shape index (κ1) is 14.1. The summed E-state index contributed by atoms with van der Waals surface area (Å²) in [7, 11) is 0. The number of allylic oxidation sites excluding steroid dienone is 1. The summed E-state index contributed by atoms with van der Waals surface area (Å²) in [6.07, 6.45) is 7.97. The lowest BCUT2D eigenvalue weighted by molar-refractivity contribution is -0.384. The Hall–Kier alpha value is -2.35. The zero-order chi connectivity index (χ0) is 14.4. The minimum atomic E-state index is -0.455. The molecule has 20 heavy (non-hydrogen) atoms. The smallest absolute Gasteiger partial charge is 0.293 e. The Balaban J connectivity index is 2.00. The largest absolute Gasteiger partial charge is 0.379 e. The molecule has 0 heterocycles. The van der Waals surface area contributed by atoms with Gasteiger partial charge >= 0.3 is 0 Å². The molecule has 0 fully saturated rings. The molecule has 0 atom stereocenters. The second-order valence-corrected chi connectivity index (χ2v) is 4.89. The highest BCUT2D eigenvalue weighted by Gasteiger charge is 2.14. The van der Waals surface area contributed by atoms with Crippen molar-refractivity contribution in [3.63, 3.8) is 0 Å². The molecule has 0 aliphatic heterocycles. The van der Waals surface area contributed by atoms with E-state index in [1.807, 2.05) is 6.07 Å². The summed E-state index contributed by atoms with van der Waals surface area (Å²) >= 11 is 0. The van der Waals surface area contributed by atoms with Crippen LogP contribution >= 0.6 is 0 Å². The van der Waals surface area contributed by atoms with Gasteiger partial charge in [0.2, 0.25) is 0 Å². The number of nitriles is 1. The Bertz CT molecular complexity index is 573. The molecular weight excluding hydrogens is 254 g/mol. The van der Waals surface area contributed by atoms with Crippen LogP contribution in [0, 0.1) is 21.4 Å². The van der Waals surface area contributed by atoms with Crippen molar-refractivity contribution < 1.29 is 4.92 Å². The number of benzene rings is 1. The Morgan fingerprint density at radius 2 is 2.25 bits per heavy atom. The number of anilines is 1. The van der Waals surface area contributed by atoms with Crippen molar-refractivity contribution in [2.24, 2.45) is 0 Å². The predicted octanol–water partition coefficient (Wildman–Crippen LogP) is 3.77. The van der Waals surface area contributed by atoms with Gasteiger partial charge in [0.25, 0.3) is 5.69 Å². The van der Waals surface area contributed by atoms with E-state index in [9.17, 15) is 10.1 Å². The third-order valence-electron chi connectivity index (χ3n) is 3.47. The van der Waals surface area contributed by atoms with Crippen molar-refractivity contribution in [3.05, 3.63) is 45.5 Å². The Labute approximate surface area is 118 Å². The van der Waals surface area contributed by atoms with Gasteiger partial charge in [0.15, 0.2) is 0 Å². The zero-order valence-corrected chi connectivity index (χ0v) is 11.3. The van der Waals surface area contributed by atoms with E-state index in [0.29, 0.717) is 17.8 Å². The summed E-state index contributed by atoms with van der Waals surface area (Å²) in [5.41, 5.74) is 2.17. The number of nitro benzene ring substituents is 1. The van der Waals surface area contributed by atoms with Crippen LogP contribution in [0.5, 0.6) is 0 Å². The van der Waals surface area contributed by atoms with Crippen molar-refractivity contribution in [3.8, 4) is 6.07 Å². The SMILES string of the molecule is N#Cc1ccc(NCCC2=CCCCC2)c([N+](=O)[O-])c1. The number of hydrogen-bond acceptors (Lipinski definition) is 4. The quantitative estimate of drug-likeness (QED) is 0.502. The van der Waals surface area contributed by atoms with Crippen LogP contribution in [0.2, 0.25) is 0 Å². The molecule has 104 valence electrons. The van der Waals surface area contributed by atoms with E-state index in [1.54, 1.807) is 12.1 Å². The summed E-state index contributed by atoms with van der Waals surface area (Å²) in [6, 6.07) is 6.42.